The normalized spacial score (nSPS) is 11.5. The first kappa shape index (κ1) is 24.2. The predicted octanol–water partition coefficient (Wildman–Crippen LogP) is 2.10. The fraction of sp³-hybridized carbons (Fsp3) is 0.188. The number of thiazole rings is 1. The van der Waals surface area contributed by atoms with Crippen LogP contribution in [-0.2, 0) is 30.6 Å². The molecule has 0 aliphatic heterocycles. The molecule has 0 fully saturated rings. The van der Waals surface area contributed by atoms with Gasteiger partial charge in [-0.25, -0.2) is 14.6 Å². The van der Waals surface area contributed by atoms with Crippen molar-refractivity contribution >= 4 is 45.7 Å². The fourth-order valence-corrected chi connectivity index (χ4v) is 2.56. The highest BCUT2D eigenvalue weighted by atomic mass is 32.1. The summed E-state index contributed by atoms with van der Waals surface area (Å²) in [6, 6.07) is 5.15. The predicted molar refractivity (Wildman–Crippen MR) is 99.8 cm³/mol. The van der Waals surface area contributed by atoms with Crippen LogP contribution in [0.3, 0.4) is 0 Å². The Labute approximate surface area is 179 Å². The molecule has 0 saturated heterocycles. The molecule has 1 amide bonds. The van der Waals surface area contributed by atoms with Gasteiger partial charge in [-0.2, -0.15) is 13.2 Å². The number of carboxylic acid groups (broad SMARTS) is 1. The van der Waals surface area contributed by atoms with Gasteiger partial charge in [0, 0.05) is 17.5 Å². The number of anilines is 1. The zero-order valence-corrected chi connectivity index (χ0v) is 16.3. The lowest BCUT2D eigenvalue weighted by molar-refractivity contribution is -0.384. The average molecular weight is 476 g/mol. The number of oxime groups is 1. The summed E-state index contributed by atoms with van der Waals surface area (Å²) >= 11 is 0.511. The van der Waals surface area contributed by atoms with Crippen LogP contribution in [0.25, 0.3) is 0 Å². The molecule has 0 spiro atoms. The maximum atomic E-state index is 12.2. The second-order valence-corrected chi connectivity index (χ2v) is 6.45. The first-order chi connectivity index (χ1) is 15.0. The van der Waals surface area contributed by atoms with E-state index in [0.29, 0.717) is 16.9 Å². The highest BCUT2D eigenvalue weighted by Crippen LogP contribution is 2.21. The van der Waals surface area contributed by atoms with Crippen molar-refractivity contribution in [2.45, 2.75) is 12.8 Å². The molecule has 0 saturated carbocycles. The summed E-state index contributed by atoms with van der Waals surface area (Å²) in [6.07, 6.45) is -5.16. The monoisotopic (exact) mass is 476 g/mol. The second kappa shape index (κ2) is 10.3. The van der Waals surface area contributed by atoms with E-state index in [0.717, 1.165) is 5.38 Å². The lowest BCUT2D eigenvalue weighted by Gasteiger charge is -2.05. The first-order valence-electron chi connectivity index (χ1n) is 8.13. The Morgan fingerprint density at radius 3 is 2.47 bits per heavy atom. The van der Waals surface area contributed by atoms with E-state index in [1.807, 2.05) is 0 Å². The van der Waals surface area contributed by atoms with Gasteiger partial charge in [0.1, 0.15) is 12.3 Å². The molecule has 2 aromatic rings. The first-order valence-corrected chi connectivity index (χ1v) is 9.01. The van der Waals surface area contributed by atoms with Crippen LogP contribution < -0.4 is 5.32 Å². The Balaban J connectivity index is 1.92. The van der Waals surface area contributed by atoms with E-state index in [1.165, 1.54) is 29.6 Å². The zero-order valence-electron chi connectivity index (χ0n) is 15.5. The number of aromatic nitrogens is 1. The zero-order chi connectivity index (χ0) is 23.9. The number of halogens is 3. The number of nitrogens with zero attached hydrogens (tertiary/aromatic N) is 3. The largest absolute Gasteiger partial charge is 0.476 e. The topological polar surface area (TPSA) is 170 Å². The second-order valence-electron chi connectivity index (χ2n) is 5.59. The van der Waals surface area contributed by atoms with Crippen LogP contribution in [-0.4, -0.2) is 51.4 Å². The van der Waals surface area contributed by atoms with Crippen LogP contribution in [0.15, 0.2) is 34.8 Å². The number of alkyl halides is 3. The summed E-state index contributed by atoms with van der Waals surface area (Å²) in [5, 5.41) is 24.9. The van der Waals surface area contributed by atoms with Crippen molar-refractivity contribution in [1.29, 1.82) is 0 Å². The van der Waals surface area contributed by atoms with Crippen molar-refractivity contribution in [1.82, 2.24) is 4.98 Å². The van der Waals surface area contributed by atoms with Crippen molar-refractivity contribution in [2.75, 3.05) is 11.9 Å². The molecule has 0 radical (unpaired) electrons. The molecule has 2 rings (SSSR count). The van der Waals surface area contributed by atoms with Gasteiger partial charge in [-0.05, 0) is 17.7 Å². The number of hydrogen-bond acceptors (Lipinski definition) is 10. The summed E-state index contributed by atoms with van der Waals surface area (Å²) in [4.78, 5) is 51.9. The number of carbonyl (C=O) groups excluding carboxylic acids is 2. The number of carbonyl (C=O) groups is 3. The average Bonchev–Trinajstić information content (AvgIpc) is 3.16. The molecule has 32 heavy (non-hydrogen) atoms. The Kier molecular flexibility index (Phi) is 7.78. The van der Waals surface area contributed by atoms with Gasteiger partial charge in [0.25, 0.3) is 5.69 Å². The summed E-state index contributed by atoms with van der Waals surface area (Å²) in [5.74, 6) is -4.91. The highest BCUT2D eigenvalue weighted by Gasteiger charge is 2.39. The lowest BCUT2D eigenvalue weighted by Crippen LogP contribution is -2.29. The van der Waals surface area contributed by atoms with Crippen molar-refractivity contribution in [3.05, 3.63) is 51.0 Å². The number of aliphatic carboxylic acids is 1. The minimum atomic E-state index is -5.16. The number of nitro groups is 1. The number of nitro benzene ring substituents is 1. The molecule has 0 bridgehead atoms. The van der Waals surface area contributed by atoms with Gasteiger partial charge >= 0.3 is 24.0 Å². The maximum Gasteiger partial charge on any atom is 0.471 e. The third kappa shape index (κ3) is 7.01. The van der Waals surface area contributed by atoms with Crippen LogP contribution in [0.4, 0.5) is 24.0 Å². The number of non-ortho nitro benzene ring substituents is 1. The van der Waals surface area contributed by atoms with E-state index in [4.69, 9.17) is 9.84 Å². The van der Waals surface area contributed by atoms with Crippen LogP contribution >= 0.6 is 11.3 Å². The molecule has 1 aromatic heterocycles. The van der Waals surface area contributed by atoms with Crippen molar-refractivity contribution < 1.29 is 47.2 Å². The van der Waals surface area contributed by atoms with Gasteiger partial charge in [0.05, 0.1) is 4.92 Å². The van der Waals surface area contributed by atoms with Gasteiger partial charge in [-0.15, -0.1) is 11.3 Å². The lowest BCUT2D eigenvalue weighted by atomic mass is 10.2. The van der Waals surface area contributed by atoms with Crippen molar-refractivity contribution in [3.63, 3.8) is 0 Å². The van der Waals surface area contributed by atoms with Crippen molar-refractivity contribution in [2.24, 2.45) is 5.16 Å². The quantitative estimate of drug-likeness (QED) is 0.238. The van der Waals surface area contributed by atoms with Gasteiger partial charge in [-0.1, -0.05) is 5.16 Å². The van der Waals surface area contributed by atoms with Crippen LogP contribution in [0, 0.1) is 10.1 Å². The molecule has 0 aliphatic rings. The standard InChI is InChI=1S/C16H11F3N4O8S/c17-16(18,19)14(27)21-15-20-10(7-32-15)12(13(25)26)22-31-6-11(24)30-5-8-1-3-9(4-2-8)23(28)29/h1-4,7H,5-6H2,(H,25,26)(H,20,21,27). The van der Waals surface area contributed by atoms with E-state index in [-0.39, 0.29) is 12.3 Å². The van der Waals surface area contributed by atoms with E-state index in [1.54, 1.807) is 0 Å². The highest BCUT2D eigenvalue weighted by molar-refractivity contribution is 7.14. The maximum absolute atomic E-state index is 12.2. The number of benzene rings is 1. The molecule has 0 atom stereocenters. The number of hydrogen-bond donors (Lipinski definition) is 2. The van der Waals surface area contributed by atoms with Gasteiger partial charge < -0.3 is 14.7 Å². The number of carboxylic acids is 1. The van der Waals surface area contributed by atoms with E-state index < -0.39 is 52.1 Å². The van der Waals surface area contributed by atoms with Gasteiger partial charge in [-0.3, -0.25) is 20.2 Å². The molecule has 2 N–H and O–H groups in total. The van der Waals surface area contributed by atoms with E-state index in [2.05, 4.69) is 15.0 Å². The molecular weight excluding hydrogens is 465 g/mol. The Hall–Kier alpha value is -4.08. The molecule has 16 heteroatoms. The van der Waals surface area contributed by atoms with Crippen molar-refractivity contribution in [3.8, 4) is 0 Å². The summed E-state index contributed by atoms with van der Waals surface area (Å²) < 4.78 is 41.6. The Bertz CT molecular complexity index is 1050. The minimum Gasteiger partial charge on any atom is -0.476 e. The number of esters is 1. The SMILES string of the molecule is O=C(CON=C(C(=O)O)c1csc(NC(=O)C(F)(F)F)n1)OCc1ccc([N+](=O)[O-])cc1. The summed E-state index contributed by atoms with van der Waals surface area (Å²) in [7, 11) is 0. The fourth-order valence-electron chi connectivity index (χ4n) is 1.87. The number of nitrogens with one attached hydrogen (secondary N) is 1. The minimum absolute atomic E-state index is 0.151. The molecule has 1 heterocycles. The summed E-state index contributed by atoms with van der Waals surface area (Å²) in [5.41, 5.74) is -0.965. The molecule has 0 unspecified atom stereocenters. The Morgan fingerprint density at radius 1 is 1.25 bits per heavy atom. The molecule has 170 valence electrons. The number of rotatable bonds is 9. The molecule has 0 aliphatic carbocycles. The van der Waals surface area contributed by atoms with E-state index in [9.17, 15) is 37.7 Å². The number of amides is 1. The molecule has 12 nitrogen and oxygen atoms in total. The smallest absolute Gasteiger partial charge is 0.471 e. The summed E-state index contributed by atoms with van der Waals surface area (Å²) in [6.45, 7) is -1.06. The third-order valence-corrected chi connectivity index (χ3v) is 4.07. The van der Waals surface area contributed by atoms with Crippen LogP contribution in [0.2, 0.25) is 0 Å². The molecular formula is C16H11F3N4O8S. The van der Waals surface area contributed by atoms with Crippen LogP contribution in [0.1, 0.15) is 11.3 Å². The third-order valence-electron chi connectivity index (χ3n) is 3.31. The Morgan fingerprint density at radius 2 is 1.91 bits per heavy atom. The molecule has 1 aromatic carbocycles. The van der Waals surface area contributed by atoms with E-state index >= 15 is 0 Å². The number of ether oxygens (including phenoxy) is 1. The van der Waals surface area contributed by atoms with Crippen LogP contribution in [0.5, 0.6) is 0 Å². The van der Waals surface area contributed by atoms with Gasteiger partial charge in [0.15, 0.2) is 5.13 Å². The van der Waals surface area contributed by atoms with Gasteiger partial charge in [0.2, 0.25) is 12.3 Å².